The van der Waals surface area contributed by atoms with Gasteiger partial charge < -0.3 is 25.8 Å². The summed E-state index contributed by atoms with van der Waals surface area (Å²) in [4.78, 5) is 0. The molecule has 5 nitrogen and oxygen atoms in total. The van der Waals surface area contributed by atoms with Crippen molar-refractivity contribution in [1.29, 1.82) is 0 Å². The van der Waals surface area contributed by atoms with Gasteiger partial charge in [-0.15, -0.1) is 0 Å². The van der Waals surface area contributed by atoms with Crippen LogP contribution in [0.2, 0.25) is 0 Å². The highest BCUT2D eigenvalue weighted by Crippen LogP contribution is 2.19. The first kappa shape index (κ1) is 8.89. The highest BCUT2D eigenvalue weighted by atomic mass is 16.6. The van der Waals surface area contributed by atoms with Crippen molar-refractivity contribution in [3.8, 4) is 0 Å². The van der Waals surface area contributed by atoms with Crippen LogP contribution in [0.25, 0.3) is 0 Å². The summed E-state index contributed by atoms with van der Waals surface area (Å²) in [5.41, 5.74) is 5.23. The van der Waals surface area contributed by atoms with Gasteiger partial charge in [-0.05, 0) is 0 Å². The van der Waals surface area contributed by atoms with E-state index in [-0.39, 0.29) is 13.2 Å². The molecular formula is C6H13NO4. The third-order valence-corrected chi connectivity index (χ3v) is 1.87. The summed E-state index contributed by atoms with van der Waals surface area (Å²) >= 11 is 0. The molecule has 1 rings (SSSR count). The lowest BCUT2D eigenvalue weighted by Gasteiger charge is -2.11. The van der Waals surface area contributed by atoms with Crippen molar-refractivity contribution in [3.63, 3.8) is 0 Å². The Hall–Kier alpha value is -0.200. The Labute approximate surface area is 64.4 Å². The molecule has 66 valence electrons. The van der Waals surface area contributed by atoms with E-state index in [2.05, 4.69) is 0 Å². The zero-order chi connectivity index (χ0) is 8.43. The molecule has 5 N–H and O–H groups in total. The summed E-state index contributed by atoms with van der Waals surface area (Å²) in [6.07, 6.45) is -3.24. The molecule has 0 radical (unpaired) electrons. The summed E-state index contributed by atoms with van der Waals surface area (Å²) < 4.78 is 5.01. The second-order valence-corrected chi connectivity index (χ2v) is 2.61. The molecule has 0 bridgehead atoms. The monoisotopic (exact) mass is 163 g/mol. The number of rotatable bonds is 2. The minimum atomic E-state index is -1.02. The van der Waals surface area contributed by atoms with E-state index in [1.807, 2.05) is 0 Å². The fourth-order valence-corrected chi connectivity index (χ4v) is 1.17. The van der Waals surface area contributed by atoms with E-state index in [9.17, 15) is 5.11 Å². The largest absolute Gasteiger partial charge is 0.394 e. The Kier molecular flexibility index (Phi) is 2.80. The van der Waals surface area contributed by atoms with Gasteiger partial charge in [0.05, 0.1) is 12.7 Å². The molecule has 1 heterocycles. The molecule has 1 aliphatic rings. The van der Waals surface area contributed by atoms with Gasteiger partial charge in [-0.25, -0.2) is 0 Å². The lowest BCUT2D eigenvalue weighted by molar-refractivity contribution is -0.0193. The van der Waals surface area contributed by atoms with Crippen molar-refractivity contribution < 1.29 is 20.1 Å². The van der Waals surface area contributed by atoms with Crippen LogP contribution in [0.4, 0.5) is 0 Å². The minimum absolute atomic E-state index is 0.148. The molecule has 4 atom stereocenters. The molecule has 1 saturated heterocycles. The van der Waals surface area contributed by atoms with Gasteiger partial charge in [-0.3, -0.25) is 0 Å². The Balaban J connectivity index is 2.53. The van der Waals surface area contributed by atoms with E-state index >= 15 is 0 Å². The van der Waals surface area contributed by atoms with Crippen LogP contribution >= 0.6 is 0 Å². The first-order chi connectivity index (χ1) is 5.20. The molecule has 0 amide bonds. The van der Waals surface area contributed by atoms with Gasteiger partial charge in [-0.2, -0.15) is 0 Å². The first-order valence-electron chi connectivity index (χ1n) is 3.53. The minimum Gasteiger partial charge on any atom is -0.394 e. The van der Waals surface area contributed by atoms with Crippen LogP contribution in [0.15, 0.2) is 0 Å². The fourth-order valence-electron chi connectivity index (χ4n) is 1.17. The predicted molar refractivity (Wildman–Crippen MR) is 36.8 cm³/mol. The molecule has 0 aliphatic carbocycles. The fraction of sp³-hybridized carbons (Fsp3) is 1.00. The Morgan fingerprint density at radius 1 is 1.18 bits per heavy atom. The van der Waals surface area contributed by atoms with Crippen molar-refractivity contribution in [1.82, 2.24) is 0 Å². The topological polar surface area (TPSA) is 95.9 Å². The van der Waals surface area contributed by atoms with Crippen LogP contribution in [0.3, 0.4) is 0 Å². The van der Waals surface area contributed by atoms with E-state index in [1.165, 1.54) is 0 Å². The number of ether oxygens (including phenoxy) is 1. The van der Waals surface area contributed by atoms with Gasteiger partial charge in [0.25, 0.3) is 0 Å². The lowest BCUT2D eigenvalue weighted by atomic mass is 10.1. The second kappa shape index (κ2) is 3.46. The van der Waals surface area contributed by atoms with E-state index in [0.717, 1.165) is 0 Å². The van der Waals surface area contributed by atoms with Crippen LogP contribution in [0, 0.1) is 0 Å². The third-order valence-electron chi connectivity index (χ3n) is 1.87. The highest BCUT2D eigenvalue weighted by Gasteiger charge is 2.41. The molecule has 0 aromatic carbocycles. The molecule has 0 aromatic rings. The summed E-state index contributed by atoms with van der Waals surface area (Å²) in [5.74, 6) is 0. The maximum atomic E-state index is 9.19. The average molecular weight is 163 g/mol. The third kappa shape index (κ3) is 1.52. The van der Waals surface area contributed by atoms with Crippen LogP contribution in [-0.4, -0.2) is 52.9 Å². The first-order valence-corrected chi connectivity index (χ1v) is 3.53. The van der Waals surface area contributed by atoms with Crippen molar-refractivity contribution in [2.75, 3.05) is 13.2 Å². The zero-order valence-electron chi connectivity index (χ0n) is 6.05. The Morgan fingerprint density at radius 2 is 1.73 bits per heavy atom. The van der Waals surface area contributed by atoms with Crippen LogP contribution < -0.4 is 5.73 Å². The summed E-state index contributed by atoms with van der Waals surface area (Å²) in [5, 5.41) is 27.0. The number of hydrogen-bond donors (Lipinski definition) is 4. The molecular weight excluding hydrogens is 150 g/mol. The van der Waals surface area contributed by atoms with Crippen molar-refractivity contribution in [3.05, 3.63) is 0 Å². The van der Waals surface area contributed by atoms with Crippen molar-refractivity contribution in [2.45, 2.75) is 24.4 Å². The van der Waals surface area contributed by atoms with Crippen LogP contribution in [0.5, 0.6) is 0 Å². The number of nitrogens with two attached hydrogens (primary N) is 1. The quantitative estimate of drug-likeness (QED) is 0.359. The summed E-state index contributed by atoms with van der Waals surface area (Å²) in [7, 11) is 0. The Bertz CT molecular complexity index is 114. The number of aliphatic hydroxyl groups is 3. The van der Waals surface area contributed by atoms with Gasteiger partial charge in [0.15, 0.2) is 0 Å². The zero-order valence-corrected chi connectivity index (χ0v) is 6.05. The molecule has 5 heteroatoms. The molecule has 0 unspecified atom stereocenters. The van der Waals surface area contributed by atoms with E-state index in [0.29, 0.717) is 0 Å². The van der Waals surface area contributed by atoms with Gasteiger partial charge in [0, 0.05) is 6.54 Å². The highest BCUT2D eigenvalue weighted by molar-refractivity contribution is 4.90. The standard InChI is InChI=1S/C6H13NO4/c7-1-3-5(9)6(10)4(2-8)11-3/h3-6,8-10H,1-2,7H2/t3-,4+,5-,6-/m1/s1. The predicted octanol–water partition coefficient (Wildman–Crippen LogP) is -2.57. The van der Waals surface area contributed by atoms with Crippen LogP contribution in [0.1, 0.15) is 0 Å². The maximum Gasteiger partial charge on any atom is 0.111 e. The molecule has 0 aromatic heterocycles. The number of aliphatic hydroxyl groups excluding tert-OH is 3. The lowest BCUT2D eigenvalue weighted by Crippen LogP contribution is -2.36. The number of hydrogen-bond acceptors (Lipinski definition) is 5. The van der Waals surface area contributed by atoms with Crippen molar-refractivity contribution in [2.24, 2.45) is 5.73 Å². The smallest absolute Gasteiger partial charge is 0.111 e. The van der Waals surface area contributed by atoms with E-state index < -0.39 is 24.4 Å². The van der Waals surface area contributed by atoms with Crippen LogP contribution in [-0.2, 0) is 4.74 Å². The average Bonchev–Trinajstić information content (AvgIpc) is 2.30. The molecule has 0 spiro atoms. The normalized spacial score (nSPS) is 44.7. The Morgan fingerprint density at radius 3 is 2.00 bits per heavy atom. The van der Waals surface area contributed by atoms with Crippen molar-refractivity contribution >= 4 is 0 Å². The SMILES string of the molecule is NC[C@H]1O[C@@H](CO)[C@@H](O)[C@@H]1O. The van der Waals surface area contributed by atoms with Gasteiger partial charge in [0.1, 0.15) is 18.3 Å². The molecule has 11 heavy (non-hydrogen) atoms. The second-order valence-electron chi connectivity index (χ2n) is 2.61. The van der Waals surface area contributed by atoms with Gasteiger partial charge in [0.2, 0.25) is 0 Å². The molecule has 1 fully saturated rings. The summed E-state index contributed by atoms with van der Waals surface area (Å²) in [6.45, 7) is -0.149. The maximum absolute atomic E-state index is 9.19. The van der Waals surface area contributed by atoms with E-state index in [4.69, 9.17) is 20.7 Å². The van der Waals surface area contributed by atoms with Gasteiger partial charge in [-0.1, -0.05) is 0 Å². The molecule has 1 aliphatic heterocycles. The van der Waals surface area contributed by atoms with Gasteiger partial charge >= 0.3 is 0 Å². The van der Waals surface area contributed by atoms with E-state index in [1.54, 1.807) is 0 Å². The summed E-state index contributed by atoms with van der Waals surface area (Å²) in [6, 6.07) is 0. The molecule has 0 saturated carbocycles.